The summed E-state index contributed by atoms with van der Waals surface area (Å²) in [6.45, 7) is 9.21. The van der Waals surface area contributed by atoms with Gasteiger partial charge >= 0.3 is 6.18 Å². The molecule has 2 aromatic carbocycles. The molecule has 2 atom stereocenters. The number of likely N-dealkylation sites (tertiary alicyclic amines) is 1. The number of alkyl halides is 3. The van der Waals surface area contributed by atoms with Gasteiger partial charge in [0.1, 0.15) is 17.8 Å². The van der Waals surface area contributed by atoms with Gasteiger partial charge < -0.3 is 24.8 Å². The number of fused-ring (bicyclic) bond motifs is 1. The number of anilines is 1. The zero-order valence-electron chi connectivity index (χ0n) is 24.4. The Hall–Kier alpha value is -3.71. The van der Waals surface area contributed by atoms with Crippen LogP contribution in [-0.4, -0.2) is 66.4 Å². The number of ether oxygens (including phenoxy) is 1. The highest BCUT2D eigenvalue weighted by Crippen LogP contribution is 2.31. The molecule has 1 fully saturated rings. The number of nitrogens with one attached hydrogen (secondary N) is 2. The molecule has 0 radical (unpaired) electrons. The van der Waals surface area contributed by atoms with E-state index in [1.807, 2.05) is 25.2 Å². The molecular formula is C31H38F3N5O2. The predicted octanol–water partition coefficient (Wildman–Crippen LogP) is 5.44. The second-order valence-electron chi connectivity index (χ2n) is 11.8. The van der Waals surface area contributed by atoms with E-state index >= 15 is 0 Å². The number of benzene rings is 2. The topological polar surface area (TPSA) is 71.4 Å². The van der Waals surface area contributed by atoms with Crippen LogP contribution in [0.1, 0.15) is 55.6 Å². The van der Waals surface area contributed by atoms with Gasteiger partial charge in [0.25, 0.3) is 5.91 Å². The molecule has 1 aliphatic heterocycles. The van der Waals surface area contributed by atoms with Crippen molar-refractivity contribution in [2.24, 2.45) is 5.92 Å². The average Bonchev–Trinajstić information content (AvgIpc) is 3.28. The molecule has 7 nitrogen and oxygen atoms in total. The number of hydrogen-bond acceptors (Lipinski definition) is 5. The predicted molar refractivity (Wildman–Crippen MR) is 155 cm³/mol. The average molecular weight is 570 g/mol. The van der Waals surface area contributed by atoms with Crippen molar-refractivity contribution < 1.29 is 22.7 Å². The van der Waals surface area contributed by atoms with Crippen LogP contribution in [0.2, 0.25) is 0 Å². The van der Waals surface area contributed by atoms with Gasteiger partial charge in [0.2, 0.25) is 0 Å². The van der Waals surface area contributed by atoms with Crippen LogP contribution >= 0.6 is 0 Å². The van der Waals surface area contributed by atoms with Gasteiger partial charge in [-0.1, -0.05) is 45.6 Å². The molecule has 0 spiro atoms. The normalized spacial score (nSPS) is 18.1. The van der Waals surface area contributed by atoms with Crippen LogP contribution < -0.4 is 15.4 Å². The summed E-state index contributed by atoms with van der Waals surface area (Å²) in [5.74, 6) is 6.61. The summed E-state index contributed by atoms with van der Waals surface area (Å²) < 4.78 is 46.3. The number of hydrogen-bond donors (Lipinski definition) is 2. The molecule has 10 heteroatoms. The first kappa shape index (κ1) is 30.3. The zero-order valence-corrected chi connectivity index (χ0v) is 24.4. The van der Waals surface area contributed by atoms with Crippen LogP contribution in [0.5, 0.6) is 5.75 Å². The third kappa shape index (κ3) is 7.53. The summed E-state index contributed by atoms with van der Waals surface area (Å²) >= 11 is 0. The molecule has 220 valence electrons. The number of carbonyl (C=O) groups excluding carboxylic acids is 1. The van der Waals surface area contributed by atoms with Crippen molar-refractivity contribution in [1.82, 2.24) is 19.8 Å². The van der Waals surface area contributed by atoms with Crippen molar-refractivity contribution in [3.05, 3.63) is 53.3 Å². The van der Waals surface area contributed by atoms with Gasteiger partial charge in [-0.25, -0.2) is 4.98 Å². The van der Waals surface area contributed by atoms with Crippen molar-refractivity contribution in [3.8, 4) is 17.6 Å². The van der Waals surface area contributed by atoms with E-state index in [0.717, 1.165) is 41.7 Å². The maximum Gasteiger partial charge on any atom is 0.406 e. The first-order valence-electron chi connectivity index (χ1n) is 13.7. The maximum absolute atomic E-state index is 13.4. The fourth-order valence-corrected chi connectivity index (χ4v) is 5.14. The van der Waals surface area contributed by atoms with Crippen LogP contribution in [0.3, 0.4) is 0 Å². The Kier molecular flexibility index (Phi) is 8.88. The second-order valence-corrected chi connectivity index (χ2v) is 11.8. The van der Waals surface area contributed by atoms with Gasteiger partial charge in [-0.15, -0.1) is 0 Å². The molecule has 2 N–H and O–H groups in total. The second kappa shape index (κ2) is 12.0. The van der Waals surface area contributed by atoms with E-state index in [9.17, 15) is 18.0 Å². The molecular weight excluding hydrogens is 531 g/mol. The quantitative estimate of drug-likeness (QED) is 0.387. The largest absolute Gasteiger partial charge is 0.495 e. The van der Waals surface area contributed by atoms with Gasteiger partial charge in [0, 0.05) is 18.2 Å². The minimum absolute atomic E-state index is 0.0382. The Morgan fingerprint density at radius 3 is 2.61 bits per heavy atom. The Balaban J connectivity index is 1.62. The summed E-state index contributed by atoms with van der Waals surface area (Å²) in [5, 5.41) is 6.36. The summed E-state index contributed by atoms with van der Waals surface area (Å²) in [4.78, 5) is 19.8. The number of amides is 1. The highest BCUT2D eigenvalue weighted by Gasteiger charge is 2.30. The molecule has 0 unspecified atom stereocenters. The molecule has 3 aromatic rings. The highest BCUT2D eigenvalue weighted by molar-refractivity contribution is 6.05. The van der Waals surface area contributed by atoms with Crippen molar-refractivity contribution in [1.29, 1.82) is 0 Å². The van der Waals surface area contributed by atoms with E-state index in [2.05, 4.69) is 60.1 Å². The van der Waals surface area contributed by atoms with Gasteiger partial charge in [0.15, 0.2) is 0 Å². The highest BCUT2D eigenvalue weighted by atomic mass is 19.4. The van der Waals surface area contributed by atoms with Gasteiger partial charge in [-0.2, -0.15) is 13.2 Å². The summed E-state index contributed by atoms with van der Waals surface area (Å²) in [5.41, 5.74) is 2.95. The molecule has 1 aliphatic rings. The number of halogens is 3. The zero-order chi connectivity index (χ0) is 29.9. The number of carbonyl (C=O) groups is 1. The van der Waals surface area contributed by atoms with Crippen LogP contribution in [0, 0.1) is 17.8 Å². The molecule has 4 rings (SSSR count). The standard InChI is InChI=1S/C31H38F3N5O2/c1-20-17-38(5)13-11-24(20)37-29(40)23-14-21(15-26-28(23)36-19-39(26)18-31(32,33)34)8-7-12-35-25-16-22(30(2,3)4)9-10-27(25)41-6/h9-10,14-16,19-20,24,35H,11-13,17-18H2,1-6H3,(H,37,40)/t20-,24-/m0/s1. The van der Waals surface area contributed by atoms with Gasteiger partial charge in [-0.3, -0.25) is 4.79 Å². The van der Waals surface area contributed by atoms with E-state index in [0.29, 0.717) is 11.3 Å². The van der Waals surface area contributed by atoms with Crippen LogP contribution in [-0.2, 0) is 12.0 Å². The van der Waals surface area contributed by atoms with E-state index in [-0.39, 0.29) is 46.4 Å². The van der Waals surface area contributed by atoms with Crippen molar-refractivity contribution in [3.63, 3.8) is 0 Å². The molecule has 41 heavy (non-hydrogen) atoms. The minimum Gasteiger partial charge on any atom is -0.495 e. The fraction of sp³-hybridized carbons (Fsp3) is 0.484. The number of imidazole rings is 1. The Bertz CT molecular complexity index is 1460. The van der Waals surface area contributed by atoms with Crippen molar-refractivity contribution in [2.45, 2.75) is 58.3 Å². The number of rotatable bonds is 6. The lowest BCUT2D eigenvalue weighted by atomic mass is 9.87. The minimum atomic E-state index is -4.44. The summed E-state index contributed by atoms with van der Waals surface area (Å²) in [6, 6.07) is 9.07. The van der Waals surface area contributed by atoms with Crippen molar-refractivity contribution >= 4 is 22.6 Å². The summed E-state index contributed by atoms with van der Waals surface area (Å²) in [7, 11) is 3.64. The molecule has 1 aromatic heterocycles. The number of methoxy groups -OCH3 is 1. The molecule has 0 bridgehead atoms. The molecule has 0 aliphatic carbocycles. The third-order valence-corrected chi connectivity index (χ3v) is 7.41. The van der Waals surface area contributed by atoms with Crippen LogP contribution in [0.15, 0.2) is 36.7 Å². The molecule has 2 heterocycles. The first-order chi connectivity index (χ1) is 19.2. The van der Waals surface area contributed by atoms with Crippen molar-refractivity contribution in [2.75, 3.05) is 39.1 Å². The van der Waals surface area contributed by atoms with Gasteiger partial charge in [-0.05, 0) is 61.2 Å². The SMILES string of the molecule is COc1ccc(C(C)(C)C)cc1NCC#Cc1cc(C(=O)N[C@H]2CCN(C)C[C@@H]2C)c2ncn(CC(F)(F)F)c2c1. The number of nitrogens with zero attached hydrogens (tertiary/aromatic N) is 3. The van der Waals surface area contributed by atoms with Crippen LogP contribution in [0.4, 0.5) is 18.9 Å². The Morgan fingerprint density at radius 1 is 1.20 bits per heavy atom. The van der Waals surface area contributed by atoms with Crippen LogP contribution in [0.25, 0.3) is 11.0 Å². The Morgan fingerprint density at radius 2 is 1.95 bits per heavy atom. The van der Waals surface area contributed by atoms with Gasteiger partial charge in [0.05, 0.1) is 36.7 Å². The molecule has 1 saturated heterocycles. The molecule has 1 amide bonds. The monoisotopic (exact) mass is 569 g/mol. The van der Waals surface area contributed by atoms with E-state index in [1.54, 1.807) is 19.2 Å². The van der Waals surface area contributed by atoms with E-state index in [4.69, 9.17) is 4.74 Å². The maximum atomic E-state index is 13.4. The smallest absolute Gasteiger partial charge is 0.406 e. The number of aromatic nitrogens is 2. The summed E-state index contributed by atoms with van der Waals surface area (Å²) in [6.07, 6.45) is -2.52. The third-order valence-electron chi connectivity index (χ3n) is 7.41. The number of piperidine rings is 1. The fourth-order valence-electron chi connectivity index (χ4n) is 5.14. The van der Waals surface area contributed by atoms with E-state index < -0.39 is 12.7 Å². The lowest BCUT2D eigenvalue weighted by Gasteiger charge is -2.35. The Labute approximate surface area is 239 Å². The lowest BCUT2D eigenvalue weighted by molar-refractivity contribution is -0.139. The first-order valence-corrected chi connectivity index (χ1v) is 13.7. The van der Waals surface area contributed by atoms with E-state index in [1.165, 1.54) is 0 Å². The molecule has 0 saturated carbocycles. The lowest BCUT2D eigenvalue weighted by Crippen LogP contribution is -2.48.